The number of rotatable bonds is 3. The van der Waals surface area contributed by atoms with Crippen LogP contribution in [0.5, 0.6) is 0 Å². The van der Waals surface area contributed by atoms with E-state index in [1.165, 1.54) is 18.0 Å². The highest BCUT2D eigenvalue weighted by Crippen LogP contribution is 2.46. The van der Waals surface area contributed by atoms with Crippen LogP contribution in [0.4, 0.5) is 16.4 Å². The van der Waals surface area contributed by atoms with Crippen molar-refractivity contribution in [2.24, 2.45) is 0 Å². The molecule has 0 bridgehead atoms. The van der Waals surface area contributed by atoms with Crippen molar-refractivity contribution in [1.29, 1.82) is 0 Å². The van der Waals surface area contributed by atoms with Gasteiger partial charge in [0, 0.05) is 29.4 Å². The van der Waals surface area contributed by atoms with Crippen LogP contribution in [0.2, 0.25) is 10.0 Å². The van der Waals surface area contributed by atoms with Gasteiger partial charge in [0.15, 0.2) is 5.72 Å². The van der Waals surface area contributed by atoms with E-state index in [-0.39, 0.29) is 11.0 Å². The SMILES string of the molecule is CN(C(=O)O)c1nc2ccc(C3(O)c4ccccc4C(=O)N3c3ccc(Cl)c(Cl)c3)cc2[nH]1. The number of aromatic nitrogens is 2. The molecule has 0 spiro atoms. The van der Waals surface area contributed by atoms with E-state index in [1.807, 2.05) is 0 Å². The first-order valence-corrected chi connectivity index (χ1v) is 10.6. The minimum absolute atomic E-state index is 0.130. The van der Waals surface area contributed by atoms with Crippen molar-refractivity contribution < 1.29 is 19.8 Å². The van der Waals surface area contributed by atoms with Crippen LogP contribution in [0, 0.1) is 0 Å². The fourth-order valence-corrected chi connectivity index (χ4v) is 4.33. The van der Waals surface area contributed by atoms with Crippen LogP contribution in [0.3, 0.4) is 0 Å². The predicted octanol–water partition coefficient (Wildman–Crippen LogP) is 4.84. The third-order valence-corrected chi connectivity index (χ3v) is 6.44. The van der Waals surface area contributed by atoms with Crippen LogP contribution in [-0.4, -0.2) is 39.2 Å². The molecule has 0 saturated carbocycles. The summed E-state index contributed by atoms with van der Waals surface area (Å²) in [5.74, 6) is -0.270. The number of H-pyrrole nitrogens is 1. The summed E-state index contributed by atoms with van der Waals surface area (Å²) in [6.45, 7) is 0. The molecular weight excluding hydrogens is 467 g/mol. The van der Waals surface area contributed by atoms with Gasteiger partial charge in [0.1, 0.15) is 0 Å². The molecule has 2 amide bonds. The first kappa shape index (κ1) is 21.3. The highest BCUT2D eigenvalue weighted by atomic mass is 35.5. The highest BCUT2D eigenvalue weighted by molar-refractivity contribution is 6.42. The molecular formula is C23H16Cl2N4O4. The summed E-state index contributed by atoms with van der Waals surface area (Å²) in [6.07, 6.45) is -1.17. The molecule has 33 heavy (non-hydrogen) atoms. The van der Waals surface area contributed by atoms with Gasteiger partial charge < -0.3 is 15.2 Å². The molecule has 1 aliphatic rings. The molecule has 0 saturated heterocycles. The van der Waals surface area contributed by atoms with Gasteiger partial charge in [0.25, 0.3) is 5.91 Å². The average molecular weight is 483 g/mol. The van der Waals surface area contributed by atoms with Crippen LogP contribution >= 0.6 is 23.2 Å². The van der Waals surface area contributed by atoms with Crippen LogP contribution in [0.1, 0.15) is 21.5 Å². The number of nitrogens with zero attached hydrogens (tertiary/aromatic N) is 3. The molecule has 166 valence electrons. The van der Waals surface area contributed by atoms with E-state index in [2.05, 4.69) is 9.97 Å². The van der Waals surface area contributed by atoms with Crippen LogP contribution < -0.4 is 9.80 Å². The molecule has 0 radical (unpaired) electrons. The molecule has 1 atom stereocenters. The highest BCUT2D eigenvalue weighted by Gasteiger charge is 2.50. The normalized spacial score (nSPS) is 17.5. The number of aliphatic hydroxyl groups is 1. The monoisotopic (exact) mass is 482 g/mol. The molecule has 8 nitrogen and oxygen atoms in total. The average Bonchev–Trinajstić information content (AvgIpc) is 3.33. The second-order valence-corrected chi connectivity index (χ2v) is 8.41. The van der Waals surface area contributed by atoms with E-state index >= 15 is 0 Å². The molecule has 5 rings (SSSR count). The van der Waals surface area contributed by atoms with Gasteiger partial charge in [-0.2, -0.15) is 0 Å². The van der Waals surface area contributed by atoms with E-state index in [1.54, 1.807) is 54.6 Å². The number of fused-ring (bicyclic) bond motifs is 2. The van der Waals surface area contributed by atoms with Crippen molar-refractivity contribution >= 4 is 57.9 Å². The Labute approximate surface area is 197 Å². The van der Waals surface area contributed by atoms with Gasteiger partial charge in [-0.25, -0.2) is 9.78 Å². The second-order valence-electron chi connectivity index (χ2n) is 7.59. The Morgan fingerprint density at radius 3 is 2.58 bits per heavy atom. The summed E-state index contributed by atoms with van der Waals surface area (Å²) in [7, 11) is 1.37. The molecule has 1 aliphatic heterocycles. The molecule has 1 unspecified atom stereocenters. The Morgan fingerprint density at radius 1 is 1.09 bits per heavy atom. The number of aromatic amines is 1. The van der Waals surface area contributed by atoms with Gasteiger partial charge in [0.05, 0.1) is 21.1 Å². The molecule has 3 aromatic carbocycles. The Morgan fingerprint density at radius 2 is 1.85 bits per heavy atom. The molecule has 0 aliphatic carbocycles. The van der Waals surface area contributed by atoms with Gasteiger partial charge in [0.2, 0.25) is 5.95 Å². The lowest BCUT2D eigenvalue weighted by Crippen LogP contribution is -2.45. The van der Waals surface area contributed by atoms with Crippen LogP contribution in [0.15, 0.2) is 60.7 Å². The van der Waals surface area contributed by atoms with E-state index < -0.39 is 17.7 Å². The van der Waals surface area contributed by atoms with Gasteiger partial charge in [-0.05, 0) is 36.4 Å². The molecule has 4 aromatic rings. The van der Waals surface area contributed by atoms with E-state index in [9.17, 15) is 19.8 Å². The molecule has 3 N–H and O–H groups in total. The van der Waals surface area contributed by atoms with Crippen molar-refractivity contribution in [2.75, 3.05) is 16.8 Å². The number of carboxylic acid groups (broad SMARTS) is 1. The van der Waals surface area contributed by atoms with Gasteiger partial charge in [-0.3, -0.25) is 14.6 Å². The summed E-state index contributed by atoms with van der Waals surface area (Å²) in [4.78, 5) is 34.1. The van der Waals surface area contributed by atoms with Crippen LogP contribution in [-0.2, 0) is 5.72 Å². The maximum atomic E-state index is 13.4. The molecule has 2 heterocycles. The third kappa shape index (κ3) is 3.14. The summed E-state index contributed by atoms with van der Waals surface area (Å²) in [5, 5.41) is 21.9. The van der Waals surface area contributed by atoms with Crippen molar-refractivity contribution in [1.82, 2.24) is 9.97 Å². The lowest BCUT2D eigenvalue weighted by molar-refractivity contribution is 0.0704. The number of nitrogens with one attached hydrogen (secondary N) is 1. The zero-order valence-corrected chi connectivity index (χ0v) is 18.6. The number of halogens is 2. The summed E-state index contributed by atoms with van der Waals surface area (Å²) in [5.41, 5.74) is 0.642. The smallest absolute Gasteiger partial charge is 0.413 e. The Balaban J connectivity index is 1.72. The number of benzene rings is 3. The van der Waals surface area contributed by atoms with Crippen molar-refractivity contribution in [3.63, 3.8) is 0 Å². The summed E-state index contributed by atoms with van der Waals surface area (Å²) in [6, 6.07) is 16.4. The van der Waals surface area contributed by atoms with Gasteiger partial charge >= 0.3 is 6.09 Å². The van der Waals surface area contributed by atoms with Crippen molar-refractivity contribution in [3.05, 3.63) is 87.4 Å². The Kier molecular flexibility index (Phi) is 4.82. The number of carbonyl (C=O) groups is 2. The third-order valence-electron chi connectivity index (χ3n) is 5.70. The minimum Gasteiger partial charge on any atom is -0.465 e. The molecule has 10 heteroatoms. The quantitative estimate of drug-likeness (QED) is 0.387. The topological polar surface area (TPSA) is 110 Å². The van der Waals surface area contributed by atoms with E-state index in [0.29, 0.717) is 38.4 Å². The number of anilines is 2. The van der Waals surface area contributed by atoms with Crippen molar-refractivity contribution in [2.45, 2.75) is 5.72 Å². The fourth-order valence-electron chi connectivity index (χ4n) is 4.04. The maximum Gasteiger partial charge on any atom is 0.413 e. The Bertz CT molecular complexity index is 1450. The number of amides is 2. The van der Waals surface area contributed by atoms with Crippen molar-refractivity contribution in [3.8, 4) is 0 Å². The van der Waals surface area contributed by atoms with Crippen LogP contribution in [0.25, 0.3) is 11.0 Å². The fraction of sp³-hybridized carbons (Fsp3) is 0.0870. The summed E-state index contributed by atoms with van der Waals surface area (Å²) < 4.78 is 0. The zero-order chi connectivity index (χ0) is 23.5. The second kappa shape index (κ2) is 7.48. The number of imidazole rings is 1. The summed E-state index contributed by atoms with van der Waals surface area (Å²) >= 11 is 12.3. The van der Waals surface area contributed by atoms with E-state index in [4.69, 9.17) is 23.2 Å². The Hall–Kier alpha value is -3.59. The predicted molar refractivity (Wildman–Crippen MR) is 125 cm³/mol. The lowest BCUT2D eigenvalue weighted by atomic mass is 9.93. The maximum absolute atomic E-state index is 13.4. The zero-order valence-electron chi connectivity index (χ0n) is 17.1. The van der Waals surface area contributed by atoms with E-state index in [0.717, 1.165) is 4.90 Å². The van der Waals surface area contributed by atoms with Gasteiger partial charge in [-0.1, -0.05) is 47.5 Å². The first-order valence-electron chi connectivity index (χ1n) is 9.80. The molecule has 1 aromatic heterocycles. The number of hydrogen-bond donors (Lipinski definition) is 3. The largest absolute Gasteiger partial charge is 0.465 e. The number of hydrogen-bond acceptors (Lipinski definition) is 4. The number of carbonyl (C=O) groups excluding carboxylic acids is 1. The standard InChI is InChI=1S/C23H16Cl2N4O4/c1-28(22(31)32)21-26-18-9-6-12(10-19(18)27-21)23(33)15-5-3-2-4-14(15)20(30)29(23)13-7-8-16(24)17(25)11-13/h2-11,33H,1H3,(H,26,27)(H,31,32). The molecule has 0 fully saturated rings. The lowest BCUT2D eigenvalue weighted by Gasteiger charge is -2.35. The minimum atomic E-state index is -1.86. The van der Waals surface area contributed by atoms with Gasteiger partial charge in [-0.15, -0.1) is 0 Å². The first-order chi connectivity index (χ1) is 15.7.